The minimum atomic E-state index is -0.905. The van der Waals surface area contributed by atoms with E-state index in [-0.39, 0.29) is 24.7 Å². The van der Waals surface area contributed by atoms with Crippen molar-refractivity contribution in [3.05, 3.63) is 28.3 Å². The predicted octanol–water partition coefficient (Wildman–Crippen LogP) is 1.54. The maximum atomic E-state index is 10.9. The molecule has 3 N–H and O–H groups in total. The van der Waals surface area contributed by atoms with Gasteiger partial charge in [0, 0.05) is 17.8 Å². The number of rotatable bonds is 8. The molecule has 0 saturated heterocycles. The Morgan fingerprint density at radius 1 is 1.40 bits per heavy atom. The zero-order valence-electron chi connectivity index (χ0n) is 11.6. The van der Waals surface area contributed by atoms with Crippen molar-refractivity contribution in [3.63, 3.8) is 0 Å². The molecule has 1 aromatic carbocycles. The summed E-state index contributed by atoms with van der Waals surface area (Å²) in [4.78, 5) is 10.4. The molecule has 0 aliphatic heterocycles. The molecule has 0 saturated carbocycles. The Balaban J connectivity index is 3.02. The molecule has 0 aromatic heterocycles. The molecule has 7 nitrogen and oxygen atoms in total. The van der Waals surface area contributed by atoms with Gasteiger partial charge in [0.15, 0.2) is 5.75 Å². The van der Waals surface area contributed by atoms with Crippen molar-refractivity contribution >= 4 is 11.4 Å². The normalized spacial score (nSPS) is 11.2. The van der Waals surface area contributed by atoms with E-state index in [1.54, 1.807) is 6.92 Å². The summed E-state index contributed by atoms with van der Waals surface area (Å²) in [5.41, 5.74) is -0.482. The topological polar surface area (TPSA) is 105 Å². The first kappa shape index (κ1) is 16.2. The molecule has 7 heteroatoms. The number of nitrogens with one attached hydrogen (secondary N) is 1. The lowest BCUT2D eigenvalue weighted by atomic mass is 10.0. The third-order valence-corrected chi connectivity index (χ3v) is 2.76. The Bertz CT molecular complexity index is 460. The largest absolute Gasteiger partial charge is 0.487 e. The van der Waals surface area contributed by atoms with Crippen LogP contribution in [0.2, 0.25) is 0 Å². The van der Waals surface area contributed by atoms with Crippen LogP contribution in [0.25, 0.3) is 0 Å². The first-order chi connectivity index (χ1) is 9.45. The Kier molecular flexibility index (Phi) is 5.72. The van der Waals surface area contributed by atoms with Crippen LogP contribution >= 0.6 is 0 Å². The second-order valence-corrected chi connectivity index (χ2v) is 4.79. The summed E-state index contributed by atoms with van der Waals surface area (Å²) in [5, 5.41) is 32.3. The number of ether oxygens (including phenoxy) is 1. The lowest BCUT2D eigenvalue weighted by Crippen LogP contribution is -2.42. The van der Waals surface area contributed by atoms with Crippen molar-refractivity contribution in [1.82, 2.24) is 0 Å². The van der Waals surface area contributed by atoms with Crippen LogP contribution in [-0.4, -0.2) is 40.5 Å². The lowest BCUT2D eigenvalue weighted by Gasteiger charge is -2.27. The summed E-state index contributed by atoms with van der Waals surface area (Å²) in [6.07, 6.45) is 0.736. The highest BCUT2D eigenvalue weighted by Crippen LogP contribution is 2.31. The van der Waals surface area contributed by atoms with E-state index in [2.05, 4.69) is 5.32 Å². The fourth-order valence-electron chi connectivity index (χ4n) is 1.55. The molecule has 20 heavy (non-hydrogen) atoms. The number of anilines is 1. The fraction of sp³-hybridized carbons (Fsp3) is 0.538. The van der Waals surface area contributed by atoms with Crippen molar-refractivity contribution in [1.29, 1.82) is 0 Å². The molecule has 0 spiro atoms. The molecule has 0 atom stereocenters. The predicted molar refractivity (Wildman–Crippen MR) is 75.1 cm³/mol. The van der Waals surface area contributed by atoms with Gasteiger partial charge in [-0.05, 0) is 19.4 Å². The van der Waals surface area contributed by atoms with Crippen molar-refractivity contribution in [2.24, 2.45) is 0 Å². The highest BCUT2D eigenvalue weighted by molar-refractivity contribution is 5.58. The third kappa shape index (κ3) is 4.07. The SMILES string of the molecule is CCCOc1cc(NC(C)(CO)CO)ccc1[N+](=O)[O-]. The summed E-state index contributed by atoms with van der Waals surface area (Å²) in [7, 11) is 0. The van der Waals surface area contributed by atoms with E-state index >= 15 is 0 Å². The van der Waals surface area contributed by atoms with Gasteiger partial charge in [-0.1, -0.05) is 6.92 Å². The van der Waals surface area contributed by atoms with E-state index in [4.69, 9.17) is 4.74 Å². The maximum Gasteiger partial charge on any atom is 0.311 e. The highest BCUT2D eigenvalue weighted by atomic mass is 16.6. The number of hydrogen-bond acceptors (Lipinski definition) is 6. The highest BCUT2D eigenvalue weighted by Gasteiger charge is 2.23. The third-order valence-electron chi connectivity index (χ3n) is 2.76. The average molecular weight is 284 g/mol. The molecule has 0 heterocycles. The van der Waals surface area contributed by atoms with Crippen LogP contribution in [0.4, 0.5) is 11.4 Å². The van der Waals surface area contributed by atoms with Crippen molar-refractivity contribution < 1.29 is 19.9 Å². The van der Waals surface area contributed by atoms with E-state index in [1.165, 1.54) is 18.2 Å². The van der Waals surface area contributed by atoms with Gasteiger partial charge >= 0.3 is 5.69 Å². The zero-order valence-corrected chi connectivity index (χ0v) is 11.6. The first-order valence-electron chi connectivity index (χ1n) is 6.37. The van der Waals surface area contributed by atoms with Crippen LogP contribution in [0.5, 0.6) is 5.75 Å². The van der Waals surface area contributed by atoms with Gasteiger partial charge in [-0.15, -0.1) is 0 Å². The minimum Gasteiger partial charge on any atom is -0.487 e. The molecule has 0 amide bonds. The van der Waals surface area contributed by atoms with E-state index in [1.807, 2.05) is 6.92 Å². The standard InChI is InChI=1S/C13H20N2O5/c1-3-6-20-12-7-10(4-5-11(12)15(18)19)14-13(2,8-16)9-17/h4-5,7,14,16-17H,3,6,8-9H2,1-2H3. The molecule has 0 aliphatic rings. The summed E-state index contributed by atoms with van der Waals surface area (Å²) in [6.45, 7) is 3.38. The van der Waals surface area contributed by atoms with E-state index in [0.717, 1.165) is 6.42 Å². The summed E-state index contributed by atoms with van der Waals surface area (Å²) in [5.74, 6) is 0.167. The molecule has 1 aromatic rings. The van der Waals surface area contributed by atoms with Gasteiger partial charge in [0.1, 0.15) is 0 Å². The van der Waals surface area contributed by atoms with E-state index in [9.17, 15) is 20.3 Å². The maximum absolute atomic E-state index is 10.9. The average Bonchev–Trinajstić information content (AvgIpc) is 2.44. The summed E-state index contributed by atoms with van der Waals surface area (Å²) >= 11 is 0. The summed E-state index contributed by atoms with van der Waals surface area (Å²) < 4.78 is 5.36. The van der Waals surface area contributed by atoms with E-state index < -0.39 is 10.5 Å². The second kappa shape index (κ2) is 7.06. The van der Waals surface area contributed by atoms with Crippen LogP contribution in [0.15, 0.2) is 18.2 Å². The quantitative estimate of drug-likeness (QED) is 0.494. The van der Waals surface area contributed by atoms with Crippen LogP contribution in [0.3, 0.4) is 0 Å². The van der Waals surface area contributed by atoms with Gasteiger partial charge in [0.05, 0.1) is 30.3 Å². The van der Waals surface area contributed by atoms with Gasteiger partial charge in [0.2, 0.25) is 0 Å². The van der Waals surface area contributed by atoms with Gasteiger partial charge in [0.25, 0.3) is 0 Å². The fourth-order valence-corrected chi connectivity index (χ4v) is 1.55. The summed E-state index contributed by atoms with van der Waals surface area (Å²) in [6, 6.07) is 4.35. The van der Waals surface area contributed by atoms with Gasteiger partial charge in [-0.2, -0.15) is 0 Å². The molecule has 0 aliphatic carbocycles. The van der Waals surface area contributed by atoms with Gasteiger partial charge in [-0.25, -0.2) is 0 Å². The van der Waals surface area contributed by atoms with Gasteiger partial charge < -0.3 is 20.3 Å². The van der Waals surface area contributed by atoms with Crippen molar-refractivity contribution in [2.45, 2.75) is 25.8 Å². The molecular weight excluding hydrogens is 264 g/mol. The Hall–Kier alpha value is -1.86. The number of benzene rings is 1. The molecule has 0 fully saturated rings. The molecule has 0 radical (unpaired) electrons. The van der Waals surface area contributed by atoms with Crippen LogP contribution < -0.4 is 10.1 Å². The van der Waals surface area contributed by atoms with Crippen molar-refractivity contribution in [2.75, 3.05) is 25.1 Å². The Morgan fingerprint density at radius 2 is 2.05 bits per heavy atom. The molecule has 0 unspecified atom stereocenters. The minimum absolute atomic E-state index is 0.112. The monoisotopic (exact) mass is 284 g/mol. The van der Waals surface area contributed by atoms with Crippen molar-refractivity contribution in [3.8, 4) is 5.75 Å². The molecule has 112 valence electrons. The van der Waals surface area contributed by atoms with Crippen LogP contribution in [0, 0.1) is 10.1 Å². The molecule has 0 bridgehead atoms. The number of nitro groups is 1. The van der Waals surface area contributed by atoms with Gasteiger partial charge in [-0.3, -0.25) is 10.1 Å². The smallest absolute Gasteiger partial charge is 0.311 e. The molecule has 1 rings (SSSR count). The Morgan fingerprint density at radius 3 is 2.55 bits per heavy atom. The lowest BCUT2D eigenvalue weighted by molar-refractivity contribution is -0.385. The first-order valence-corrected chi connectivity index (χ1v) is 6.37. The number of aliphatic hydroxyl groups excluding tert-OH is 2. The zero-order chi connectivity index (χ0) is 15.2. The van der Waals surface area contributed by atoms with E-state index in [0.29, 0.717) is 12.3 Å². The molecular formula is C13H20N2O5. The number of hydrogen-bond donors (Lipinski definition) is 3. The van der Waals surface area contributed by atoms with Crippen LogP contribution in [0.1, 0.15) is 20.3 Å². The number of nitrogens with zero attached hydrogens (tertiary/aromatic N) is 1. The number of nitro benzene ring substituents is 1. The van der Waals surface area contributed by atoms with Crippen LogP contribution in [-0.2, 0) is 0 Å². The second-order valence-electron chi connectivity index (χ2n) is 4.79. The number of aliphatic hydroxyl groups is 2. The Labute approximate surface area is 117 Å².